The second-order valence-electron chi connectivity index (χ2n) is 3.67. The molecule has 0 radical (unpaired) electrons. The fourth-order valence-corrected chi connectivity index (χ4v) is 2.02. The second-order valence-corrected chi connectivity index (χ2v) is 3.67. The van der Waals surface area contributed by atoms with Gasteiger partial charge in [-0.25, -0.2) is 0 Å². The highest BCUT2D eigenvalue weighted by Crippen LogP contribution is 2.30. The molecule has 14 heavy (non-hydrogen) atoms. The Balaban J connectivity index is 2.21. The summed E-state index contributed by atoms with van der Waals surface area (Å²) in [5.41, 5.74) is 2.49. The molecule has 2 nitrogen and oxygen atoms in total. The molecular weight excluding hydrogens is 176 g/mol. The predicted octanol–water partition coefficient (Wildman–Crippen LogP) is 2.07. The molecule has 1 heterocycles. The molecule has 1 aliphatic heterocycles. The van der Waals surface area contributed by atoms with Gasteiger partial charge in [0.05, 0.1) is 6.10 Å². The molecule has 1 fully saturated rings. The molecule has 2 heteroatoms. The molecule has 1 aromatic rings. The molecule has 2 rings (SSSR count). The van der Waals surface area contributed by atoms with Crippen LogP contribution in [-0.2, 0) is 11.2 Å². The largest absolute Gasteiger partial charge is 0.396 e. The summed E-state index contributed by atoms with van der Waals surface area (Å²) in [6, 6.07) is 8.25. The van der Waals surface area contributed by atoms with Crippen molar-refractivity contribution in [2.75, 3.05) is 13.2 Å². The standard InChI is InChI=1S/C12H16O2/c13-8-7-10-4-1-2-5-11(10)12-6-3-9-14-12/h1-2,4-5,12-13H,3,6-9H2. The highest BCUT2D eigenvalue weighted by Gasteiger charge is 2.19. The predicted molar refractivity (Wildman–Crippen MR) is 55.2 cm³/mol. The zero-order valence-electron chi connectivity index (χ0n) is 8.28. The van der Waals surface area contributed by atoms with E-state index in [1.807, 2.05) is 12.1 Å². The Morgan fingerprint density at radius 1 is 1.36 bits per heavy atom. The van der Waals surface area contributed by atoms with Gasteiger partial charge in [0.2, 0.25) is 0 Å². The van der Waals surface area contributed by atoms with E-state index in [4.69, 9.17) is 9.84 Å². The molecule has 1 unspecified atom stereocenters. The highest BCUT2D eigenvalue weighted by atomic mass is 16.5. The first kappa shape index (κ1) is 9.69. The third kappa shape index (κ3) is 1.97. The summed E-state index contributed by atoms with van der Waals surface area (Å²) in [5.74, 6) is 0. The average molecular weight is 192 g/mol. The third-order valence-electron chi connectivity index (χ3n) is 2.71. The van der Waals surface area contributed by atoms with Crippen LogP contribution in [0.2, 0.25) is 0 Å². The molecule has 1 aromatic carbocycles. The maximum atomic E-state index is 8.95. The number of hydrogen-bond acceptors (Lipinski definition) is 2. The molecule has 1 N–H and O–H groups in total. The Morgan fingerprint density at radius 2 is 2.21 bits per heavy atom. The number of hydrogen-bond donors (Lipinski definition) is 1. The molecule has 1 atom stereocenters. The van der Waals surface area contributed by atoms with Crippen LogP contribution in [0.1, 0.15) is 30.1 Å². The minimum atomic E-state index is 0.212. The lowest BCUT2D eigenvalue weighted by molar-refractivity contribution is 0.111. The smallest absolute Gasteiger partial charge is 0.0828 e. The Morgan fingerprint density at radius 3 is 2.93 bits per heavy atom. The van der Waals surface area contributed by atoms with E-state index in [0.717, 1.165) is 25.9 Å². The van der Waals surface area contributed by atoms with Crippen LogP contribution in [0, 0.1) is 0 Å². The zero-order chi connectivity index (χ0) is 9.80. The summed E-state index contributed by atoms with van der Waals surface area (Å²) in [7, 11) is 0. The summed E-state index contributed by atoms with van der Waals surface area (Å²) in [6.45, 7) is 1.09. The first-order valence-corrected chi connectivity index (χ1v) is 5.22. The fraction of sp³-hybridized carbons (Fsp3) is 0.500. The minimum absolute atomic E-state index is 0.212. The van der Waals surface area contributed by atoms with Gasteiger partial charge in [-0.15, -0.1) is 0 Å². The van der Waals surface area contributed by atoms with Crippen LogP contribution < -0.4 is 0 Å². The number of aliphatic hydroxyl groups is 1. The van der Waals surface area contributed by atoms with E-state index >= 15 is 0 Å². The van der Waals surface area contributed by atoms with Crippen LogP contribution in [0.25, 0.3) is 0 Å². The van der Waals surface area contributed by atoms with Crippen molar-refractivity contribution in [3.63, 3.8) is 0 Å². The lowest BCUT2D eigenvalue weighted by Gasteiger charge is -2.14. The molecular formula is C12H16O2. The molecule has 76 valence electrons. The van der Waals surface area contributed by atoms with Gasteiger partial charge in [0.15, 0.2) is 0 Å². The summed E-state index contributed by atoms with van der Waals surface area (Å²) in [6.07, 6.45) is 3.26. The number of benzene rings is 1. The molecule has 0 aromatic heterocycles. The van der Waals surface area contributed by atoms with Crippen molar-refractivity contribution in [1.82, 2.24) is 0 Å². The van der Waals surface area contributed by atoms with E-state index in [9.17, 15) is 0 Å². The van der Waals surface area contributed by atoms with Crippen LogP contribution in [0.3, 0.4) is 0 Å². The van der Waals surface area contributed by atoms with Crippen molar-refractivity contribution >= 4 is 0 Å². The molecule has 1 saturated heterocycles. The summed E-state index contributed by atoms with van der Waals surface area (Å²) < 4.78 is 5.64. The average Bonchev–Trinajstić information content (AvgIpc) is 2.72. The van der Waals surface area contributed by atoms with E-state index < -0.39 is 0 Å². The maximum absolute atomic E-state index is 8.95. The monoisotopic (exact) mass is 192 g/mol. The van der Waals surface area contributed by atoms with Crippen LogP contribution in [0.15, 0.2) is 24.3 Å². The lowest BCUT2D eigenvalue weighted by Crippen LogP contribution is -2.02. The van der Waals surface area contributed by atoms with Gasteiger partial charge < -0.3 is 9.84 Å². The van der Waals surface area contributed by atoms with Crippen LogP contribution in [-0.4, -0.2) is 18.3 Å². The lowest BCUT2D eigenvalue weighted by atomic mass is 9.98. The Bertz CT molecular complexity index is 290. The normalized spacial score (nSPS) is 21.4. The van der Waals surface area contributed by atoms with Crippen molar-refractivity contribution in [2.45, 2.75) is 25.4 Å². The van der Waals surface area contributed by atoms with Crippen molar-refractivity contribution in [3.05, 3.63) is 35.4 Å². The van der Waals surface area contributed by atoms with Gasteiger partial charge in [-0.05, 0) is 30.4 Å². The Kier molecular flexibility index (Phi) is 3.17. The van der Waals surface area contributed by atoms with Crippen molar-refractivity contribution in [1.29, 1.82) is 0 Å². The second kappa shape index (κ2) is 4.58. The van der Waals surface area contributed by atoms with Gasteiger partial charge in [0.1, 0.15) is 0 Å². The first-order valence-electron chi connectivity index (χ1n) is 5.22. The van der Waals surface area contributed by atoms with E-state index in [0.29, 0.717) is 0 Å². The minimum Gasteiger partial charge on any atom is -0.396 e. The topological polar surface area (TPSA) is 29.5 Å². The SMILES string of the molecule is OCCc1ccccc1C1CCCO1. The van der Waals surface area contributed by atoms with E-state index in [1.165, 1.54) is 11.1 Å². The van der Waals surface area contributed by atoms with Gasteiger partial charge >= 0.3 is 0 Å². The maximum Gasteiger partial charge on any atom is 0.0828 e. The van der Waals surface area contributed by atoms with Gasteiger partial charge in [-0.3, -0.25) is 0 Å². The van der Waals surface area contributed by atoms with E-state index in [1.54, 1.807) is 0 Å². The van der Waals surface area contributed by atoms with Crippen LogP contribution in [0.5, 0.6) is 0 Å². The number of rotatable bonds is 3. The van der Waals surface area contributed by atoms with Crippen molar-refractivity contribution in [2.24, 2.45) is 0 Å². The van der Waals surface area contributed by atoms with E-state index in [2.05, 4.69) is 12.1 Å². The molecule has 0 bridgehead atoms. The Labute approximate surface area is 84.5 Å². The summed E-state index contributed by atoms with van der Waals surface area (Å²) in [5, 5.41) is 8.95. The van der Waals surface area contributed by atoms with Gasteiger partial charge in [-0.1, -0.05) is 24.3 Å². The molecule has 0 saturated carbocycles. The quantitative estimate of drug-likeness (QED) is 0.794. The fourth-order valence-electron chi connectivity index (χ4n) is 2.02. The first-order chi connectivity index (χ1) is 6.92. The molecule has 0 aliphatic carbocycles. The van der Waals surface area contributed by atoms with Crippen LogP contribution in [0.4, 0.5) is 0 Å². The molecule has 0 spiro atoms. The van der Waals surface area contributed by atoms with Crippen molar-refractivity contribution < 1.29 is 9.84 Å². The van der Waals surface area contributed by atoms with E-state index in [-0.39, 0.29) is 12.7 Å². The number of aliphatic hydroxyl groups excluding tert-OH is 1. The summed E-state index contributed by atoms with van der Waals surface area (Å²) in [4.78, 5) is 0. The summed E-state index contributed by atoms with van der Waals surface area (Å²) >= 11 is 0. The van der Waals surface area contributed by atoms with Gasteiger partial charge in [-0.2, -0.15) is 0 Å². The number of ether oxygens (including phenoxy) is 1. The van der Waals surface area contributed by atoms with Gasteiger partial charge in [0, 0.05) is 13.2 Å². The molecule has 0 amide bonds. The van der Waals surface area contributed by atoms with Crippen molar-refractivity contribution in [3.8, 4) is 0 Å². The Hall–Kier alpha value is -0.860. The third-order valence-corrected chi connectivity index (χ3v) is 2.71. The van der Waals surface area contributed by atoms with Crippen LogP contribution >= 0.6 is 0 Å². The van der Waals surface area contributed by atoms with Gasteiger partial charge in [0.25, 0.3) is 0 Å². The molecule has 1 aliphatic rings. The zero-order valence-corrected chi connectivity index (χ0v) is 8.28. The highest BCUT2D eigenvalue weighted by molar-refractivity contribution is 5.29.